The fraction of sp³-hybridized carbons (Fsp3) is 0.176. The smallest absolute Gasteiger partial charge is 0.204 e. The topological polar surface area (TPSA) is 51.8 Å². The number of halogens is 1. The standard InChI is InChI=1S/C17H15FO4/c1-20-13-8-5-11-9-14(22-16(11)17(13)21-2)15(19)10-3-6-12(18)7-4-10/h3-9,15,19H,1-2H3. The lowest BCUT2D eigenvalue weighted by molar-refractivity contribution is 0.191. The third kappa shape index (κ3) is 2.40. The van der Waals surface area contributed by atoms with Crippen LogP contribution in [0.15, 0.2) is 46.9 Å². The normalized spacial score (nSPS) is 12.4. The Morgan fingerprint density at radius 3 is 2.41 bits per heavy atom. The van der Waals surface area contributed by atoms with E-state index >= 15 is 0 Å². The van der Waals surface area contributed by atoms with E-state index in [1.165, 1.54) is 31.4 Å². The van der Waals surface area contributed by atoms with Gasteiger partial charge in [0.1, 0.15) is 17.7 Å². The number of furan rings is 1. The number of aliphatic hydroxyl groups excluding tert-OH is 1. The predicted molar refractivity (Wildman–Crippen MR) is 79.8 cm³/mol. The van der Waals surface area contributed by atoms with E-state index in [1.54, 1.807) is 19.2 Å². The summed E-state index contributed by atoms with van der Waals surface area (Å²) >= 11 is 0. The van der Waals surface area contributed by atoms with Gasteiger partial charge in [-0.15, -0.1) is 0 Å². The molecule has 1 heterocycles. The van der Waals surface area contributed by atoms with Gasteiger partial charge in [-0.2, -0.15) is 0 Å². The van der Waals surface area contributed by atoms with Crippen LogP contribution in [0.3, 0.4) is 0 Å². The lowest BCUT2D eigenvalue weighted by Gasteiger charge is -2.08. The Morgan fingerprint density at radius 2 is 1.77 bits per heavy atom. The molecule has 22 heavy (non-hydrogen) atoms. The predicted octanol–water partition coefficient (Wildman–Crippen LogP) is 3.67. The van der Waals surface area contributed by atoms with Crippen LogP contribution in [0.5, 0.6) is 11.5 Å². The minimum Gasteiger partial charge on any atom is -0.493 e. The number of rotatable bonds is 4. The molecule has 0 fully saturated rings. The van der Waals surface area contributed by atoms with E-state index in [0.29, 0.717) is 28.4 Å². The molecule has 0 amide bonds. The Morgan fingerprint density at radius 1 is 1.05 bits per heavy atom. The molecule has 5 heteroatoms. The molecule has 0 saturated carbocycles. The molecular formula is C17H15FO4. The summed E-state index contributed by atoms with van der Waals surface area (Å²) in [6.45, 7) is 0. The van der Waals surface area contributed by atoms with Gasteiger partial charge in [-0.05, 0) is 35.9 Å². The van der Waals surface area contributed by atoms with Crippen LogP contribution in [0.1, 0.15) is 17.4 Å². The number of fused-ring (bicyclic) bond motifs is 1. The molecule has 114 valence electrons. The van der Waals surface area contributed by atoms with Crippen LogP contribution >= 0.6 is 0 Å². The highest BCUT2D eigenvalue weighted by atomic mass is 19.1. The zero-order valence-electron chi connectivity index (χ0n) is 12.2. The Balaban J connectivity index is 2.06. The maximum Gasteiger partial charge on any atom is 0.204 e. The highest BCUT2D eigenvalue weighted by Crippen LogP contribution is 2.39. The lowest BCUT2D eigenvalue weighted by Crippen LogP contribution is -1.97. The lowest BCUT2D eigenvalue weighted by atomic mass is 10.1. The van der Waals surface area contributed by atoms with Gasteiger partial charge in [0, 0.05) is 5.39 Å². The molecule has 3 rings (SSSR count). The third-order valence-corrected chi connectivity index (χ3v) is 3.50. The summed E-state index contributed by atoms with van der Waals surface area (Å²) in [6.07, 6.45) is -0.983. The summed E-state index contributed by atoms with van der Waals surface area (Å²) < 4.78 is 29.2. The van der Waals surface area contributed by atoms with E-state index in [1.807, 2.05) is 6.07 Å². The van der Waals surface area contributed by atoms with E-state index in [9.17, 15) is 9.50 Å². The Kier molecular flexibility index (Phi) is 3.73. The molecule has 0 bridgehead atoms. The number of ether oxygens (including phenoxy) is 2. The SMILES string of the molecule is COc1ccc2cc(C(O)c3ccc(F)cc3)oc2c1OC. The molecule has 1 N–H and O–H groups in total. The fourth-order valence-electron chi connectivity index (χ4n) is 2.38. The molecule has 0 saturated heterocycles. The van der Waals surface area contributed by atoms with Crippen molar-refractivity contribution >= 4 is 11.0 Å². The summed E-state index contributed by atoms with van der Waals surface area (Å²) in [5.74, 6) is 1.02. The van der Waals surface area contributed by atoms with Crippen molar-refractivity contribution in [3.05, 3.63) is 59.6 Å². The summed E-state index contributed by atoms with van der Waals surface area (Å²) in [4.78, 5) is 0. The number of aliphatic hydroxyl groups is 1. The molecule has 0 aliphatic rings. The van der Waals surface area contributed by atoms with Crippen molar-refractivity contribution < 1.29 is 23.4 Å². The van der Waals surface area contributed by atoms with E-state index in [0.717, 1.165) is 5.39 Å². The Labute approximate surface area is 126 Å². The second-order valence-corrected chi connectivity index (χ2v) is 4.82. The minimum absolute atomic E-state index is 0.355. The summed E-state index contributed by atoms with van der Waals surface area (Å²) in [7, 11) is 3.07. The van der Waals surface area contributed by atoms with Gasteiger partial charge in [0.15, 0.2) is 11.3 Å². The van der Waals surface area contributed by atoms with Gasteiger partial charge in [0.2, 0.25) is 5.75 Å². The third-order valence-electron chi connectivity index (χ3n) is 3.50. The van der Waals surface area contributed by atoms with Gasteiger partial charge in [0.05, 0.1) is 14.2 Å². The number of benzene rings is 2. The summed E-state index contributed by atoms with van der Waals surface area (Å²) in [6, 6.07) is 10.9. The maximum absolute atomic E-state index is 13.0. The number of hydrogen-bond donors (Lipinski definition) is 1. The van der Waals surface area contributed by atoms with Crippen molar-refractivity contribution in [1.82, 2.24) is 0 Å². The quantitative estimate of drug-likeness (QED) is 0.799. The highest BCUT2D eigenvalue weighted by molar-refractivity contribution is 5.86. The van der Waals surface area contributed by atoms with Crippen molar-refractivity contribution in [1.29, 1.82) is 0 Å². The van der Waals surface area contributed by atoms with Gasteiger partial charge in [-0.3, -0.25) is 0 Å². The molecular weight excluding hydrogens is 287 g/mol. The largest absolute Gasteiger partial charge is 0.493 e. The van der Waals surface area contributed by atoms with Crippen LogP contribution in [0.4, 0.5) is 4.39 Å². The molecule has 0 aliphatic heterocycles. The molecule has 1 aromatic heterocycles. The van der Waals surface area contributed by atoms with Gasteiger partial charge in [0.25, 0.3) is 0 Å². The minimum atomic E-state index is -0.983. The first kappa shape index (κ1) is 14.4. The molecule has 0 aliphatic carbocycles. The average molecular weight is 302 g/mol. The molecule has 0 radical (unpaired) electrons. The Bertz CT molecular complexity index is 792. The second kappa shape index (κ2) is 5.69. The van der Waals surface area contributed by atoms with Gasteiger partial charge in [-0.1, -0.05) is 12.1 Å². The number of methoxy groups -OCH3 is 2. The fourth-order valence-corrected chi connectivity index (χ4v) is 2.38. The van der Waals surface area contributed by atoms with Crippen LogP contribution in [-0.4, -0.2) is 19.3 Å². The van der Waals surface area contributed by atoms with E-state index in [2.05, 4.69) is 0 Å². The monoisotopic (exact) mass is 302 g/mol. The van der Waals surface area contributed by atoms with Crippen molar-refractivity contribution in [3.63, 3.8) is 0 Å². The van der Waals surface area contributed by atoms with E-state index in [-0.39, 0.29) is 5.82 Å². The van der Waals surface area contributed by atoms with Crippen molar-refractivity contribution in [2.45, 2.75) is 6.10 Å². The molecule has 2 aromatic carbocycles. The number of hydrogen-bond acceptors (Lipinski definition) is 4. The molecule has 0 spiro atoms. The van der Waals surface area contributed by atoms with Crippen LogP contribution in [0.2, 0.25) is 0 Å². The van der Waals surface area contributed by atoms with E-state index in [4.69, 9.17) is 13.9 Å². The van der Waals surface area contributed by atoms with Gasteiger partial charge >= 0.3 is 0 Å². The first-order valence-corrected chi connectivity index (χ1v) is 6.72. The van der Waals surface area contributed by atoms with Crippen molar-refractivity contribution in [2.75, 3.05) is 14.2 Å². The molecule has 4 nitrogen and oxygen atoms in total. The van der Waals surface area contributed by atoms with Crippen LogP contribution < -0.4 is 9.47 Å². The van der Waals surface area contributed by atoms with Crippen LogP contribution in [0.25, 0.3) is 11.0 Å². The van der Waals surface area contributed by atoms with Crippen molar-refractivity contribution in [3.8, 4) is 11.5 Å². The Hall–Kier alpha value is -2.53. The first-order valence-electron chi connectivity index (χ1n) is 6.72. The van der Waals surface area contributed by atoms with E-state index < -0.39 is 6.10 Å². The van der Waals surface area contributed by atoms with Crippen LogP contribution in [-0.2, 0) is 0 Å². The van der Waals surface area contributed by atoms with Gasteiger partial charge in [-0.25, -0.2) is 4.39 Å². The zero-order valence-corrected chi connectivity index (χ0v) is 12.2. The first-order chi connectivity index (χ1) is 10.6. The summed E-state index contributed by atoms with van der Waals surface area (Å²) in [5.41, 5.74) is 1.05. The van der Waals surface area contributed by atoms with Crippen LogP contribution in [0, 0.1) is 5.82 Å². The maximum atomic E-state index is 13.0. The van der Waals surface area contributed by atoms with Gasteiger partial charge < -0.3 is 19.0 Å². The molecule has 1 unspecified atom stereocenters. The highest BCUT2D eigenvalue weighted by Gasteiger charge is 2.19. The average Bonchev–Trinajstić information content (AvgIpc) is 2.97. The zero-order chi connectivity index (χ0) is 15.7. The summed E-state index contributed by atoms with van der Waals surface area (Å²) in [5, 5.41) is 11.2. The second-order valence-electron chi connectivity index (χ2n) is 4.82. The molecule has 3 aromatic rings. The molecule has 1 atom stereocenters. The van der Waals surface area contributed by atoms with Crippen molar-refractivity contribution in [2.24, 2.45) is 0 Å².